The van der Waals surface area contributed by atoms with Crippen LogP contribution in [0.2, 0.25) is 0 Å². The average Bonchev–Trinajstić information content (AvgIpc) is 2.48. The van der Waals surface area contributed by atoms with Crippen molar-refractivity contribution in [3.8, 4) is 0 Å². The molecule has 108 valence electrons. The molecule has 0 aliphatic carbocycles. The van der Waals surface area contributed by atoms with Crippen LogP contribution in [0.15, 0.2) is 18.5 Å². The van der Waals surface area contributed by atoms with Gasteiger partial charge in [-0.1, -0.05) is 0 Å². The third-order valence-corrected chi connectivity index (χ3v) is 3.17. The standard InChI is InChI=1S/C14H20N4O2/c1-3-20-11-5-13-4-6-15-14(16-13)18-9-7-17(8-10-18)12(2)19/h4-6,11H,3,7-10H2,1-2H3/b11-5+. The fourth-order valence-electron chi connectivity index (χ4n) is 2.04. The molecule has 0 spiro atoms. The Hall–Kier alpha value is -2.11. The summed E-state index contributed by atoms with van der Waals surface area (Å²) in [6.45, 7) is 7.14. The lowest BCUT2D eigenvalue weighted by atomic mass is 10.3. The number of ether oxygens (including phenoxy) is 1. The van der Waals surface area contributed by atoms with Crippen molar-refractivity contribution in [2.45, 2.75) is 13.8 Å². The van der Waals surface area contributed by atoms with Gasteiger partial charge in [0.1, 0.15) is 0 Å². The van der Waals surface area contributed by atoms with E-state index < -0.39 is 0 Å². The zero-order valence-corrected chi connectivity index (χ0v) is 12.0. The van der Waals surface area contributed by atoms with E-state index in [2.05, 4.69) is 14.9 Å². The highest BCUT2D eigenvalue weighted by Crippen LogP contribution is 2.12. The maximum absolute atomic E-state index is 11.3. The van der Waals surface area contributed by atoms with E-state index in [0.717, 1.165) is 31.9 Å². The topological polar surface area (TPSA) is 58.6 Å². The Morgan fingerprint density at radius 2 is 2.15 bits per heavy atom. The van der Waals surface area contributed by atoms with E-state index in [1.54, 1.807) is 19.4 Å². The van der Waals surface area contributed by atoms with Crippen molar-refractivity contribution in [1.82, 2.24) is 14.9 Å². The van der Waals surface area contributed by atoms with Crippen LogP contribution in [0.25, 0.3) is 6.08 Å². The van der Waals surface area contributed by atoms with Crippen molar-refractivity contribution >= 4 is 17.9 Å². The summed E-state index contributed by atoms with van der Waals surface area (Å²) >= 11 is 0. The van der Waals surface area contributed by atoms with Crippen molar-refractivity contribution in [3.63, 3.8) is 0 Å². The van der Waals surface area contributed by atoms with Crippen LogP contribution in [0.1, 0.15) is 19.5 Å². The predicted octanol–water partition coefficient (Wildman–Crippen LogP) is 1.15. The SMILES string of the molecule is CCO/C=C/c1ccnc(N2CCN(C(C)=O)CC2)n1. The number of carbonyl (C=O) groups excluding carboxylic acids is 1. The Labute approximate surface area is 119 Å². The van der Waals surface area contributed by atoms with Gasteiger partial charge >= 0.3 is 0 Å². The van der Waals surface area contributed by atoms with Gasteiger partial charge in [0.2, 0.25) is 11.9 Å². The van der Waals surface area contributed by atoms with Crippen molar-refractivity contribution in [3.05, 3.63) is 24.2 Å². The second kappa shape index (κ2) is 6.88. The van der Waals surface area contributed by atoms with Crippen molar-refractivity contribution in [2.24, 2.45) is 0 Å². The first-order chi connectivity index (χ1) is 9.70. The molecule has 0 aromatic carbocycles. The van der Waals surface area contributed by atoms with Crippen LogP contribution in [0.5, 0.6) is 0 Å². The van der Waals surface area contributed by atoms with Gasteiger partial charge in [-0.05, 0) is 19.1 Å². The molecule has 20 heavy (non-hydrogen) atoms. The number of hydrogen-bond donors (Lipinski definition) is 0. The van der Waals surface area contributed by atoms with Gasteiger partial charge in [0.05, 0.1) is 18.6 Å². The molecule has 0 radical (unpaired) electrons. The number of hydrogen-bond acceptors (Lipinski definition) is 5. The normalized spacial score (nSPS) is 15.7. The summed E-state index contributed by atoms with van der Waals surface area (Å²) in [6.07, 6.45) is 5.20. The molecule has 1 amide bonds. The number of amides is 1. The lowest BCUT2D eigenvalue weighted by Gasteiger charge is -2.34. The number of aromatic nitrogens is 2. The Morgan fingerprint density at radius 3 is 2.80 bits per heavy atom. The monoisotopic (exact) mass is 276 g/mol. The van der Waals surface area contributed by atoms with Gasteiger partial charge in [-0.3, -0.25) is 4.79 Å². The Morgan fingerprint density at radius 1 is 1.40 bits per heavy atom. The van der Waals surface area contributed by atoms with Crippen molar-refractivity contribution < 1.29 is 9.53 Å². The van der Waals surface area contributed by atoms with Crippen molar-refractivity contribution in [1.29, 1.82) is 0 Å². The molecule has 0 atom stereocenters. The quantitative estimate of drug-likeness (QED) is 0.772. The van der Waals surface area contributed by atoms with Crippen LogP contribution in [0, 0.1) is 0 Å². The molecule has 1 aromatic rings. The molecule has 0 bridgehead atoms. The van der Waals surface area contributed by atoms with Gasteiger partial charge in [-0.2, -0.15) is 0 Å². The van der Waals surface area contributed by atoms with Crippen LogP contribution < -0.4 is 4.90 Å². The molecule has 6 nitrogen and oxygen atoms in total. The van der Waals surface area contributed by atoms with Crippen molar-refractivity contribution in [2.75, 3.05) is 37.7 Å². The predicted molar refractivity (Wildman–Crippen MR) is 77.2 cm³/mol. The summed E-state index contributed by atoms with van der Waals surface area (Å²) in [6, 6.07) is 1.84. The minimum atomic E-state index is 0.124. The fourth-order valence-corrected chi connectivity index (χ4v) is 2.04. The molecule has 1 saturated heterocycles. The minimum Gasteiger partial charge on any atom is -0.501 e. The van der Waals surface area contributed by atoms with Gasteiger partial charge in [-0.25, -0.2) is 9.97 Å². The lowest BCUT2D eigenvalue weighted by Crippen LogP contribution is -2.48. The first-order valence-electron chi connectivity index (χ1n) is 6.82. The second-order valence-corrected chi connectivity index (χ2v) is 4.53. The molecule has 1 aliphatic rings. The Bertz CT molecular complexity index is 482. The van der Waals surface area contributed by atoms with E-state index in [1.807, 2.05) is 24.0 Å². The summed E-state index contributed by atoms with van der Waals surface area (Å²) < 4.78 is 5.16. The molecule has 0 saturated carbocycles. The molecule has 6 heteroatoms. The smallest absolute Gasteiger partial charge is 0.225 e. The van der Waals surface area contributed by atoms with E-state index in [-0.39, 0.29) is 5.91 Å². The number of nitrogens with zero attached hydrogens (tertiary/aromatic N) is 4. The van der Waals surface area contributed by atoms with Gasteiger partial charge in [-0.15, -0.1) is 0 Å². The Balaban J connectivity index is 1.99. The van der Waals surface area contributed by atoms with Gasteiger partial charge in [0, 0.05) is 39.3 Å². The summed E-state index contributed by atoms with van der Waals surface area (Å²) in [7, 11) is 0. The zero-order chi connectivity index (χ0) is 14.4. The summed E-state index contributed by atoms with van der Waals surface area (Å²) in [5, 5.41) is 0. The highest BCUT2D eigenvalue weighted by molar-refractivity contribution is 5.73. The zero-order valence-electron chi connectivity index (χ0n) is 12.0. The fraction of sp³-hybridized carbons (Fsp3) is 0.500. The lowest BCUT2D eigenvalue weighted by molar-refractivity contribution is -0.129. The summed E-state index contributed by atoms with van der Waals surface area (Å²) in [4.78, 5) is 24.0. The highest BCUT2D eigenvalue weighted by Gasteiger charge is 2.20. The van der Waals surface area contributed by atoms with E-state index >= 15 is 0 Å². The molecule has 1 fully saturated rings. The molecule has 1 aromatic heterocycles. The van der Waals surface area contributed by atoms with Crippen LogP contribution in [-0.4, -0.2) is 53.6 Å². The molecule has 2 heterocycles. The number of anilines is 1. The second-order valence-electron chi connectivity index (χ2n) is 4.53. The molecule has 1 aliphatic heterocycles. The third-order valence-electron chi connectivity index (χ3n) is 3.17. The van der Waals surface area contributed by atoms with Crippen LogP contribution >= 0.6 is 0 Å². The first kappa shape index (κ1) is 14.3. The van der Waals surface area contributed by atoms with Gasteiger partial charge < -0.3 is 14.5 Å². The third kappa shape index (κ3) is 3.69. The first-order valence-corrected chi connectivity index (χ1v) is 6.82. The minimum absolute atomic E-state index is 0.124. The van der Waals surface area contributed by atoms with Crippen LogP contribution in [0.3, 0.4) is 0 Å². The van der Waals surface area contributed by atoms with E-state index in [4.69, 9.17) is 4.74 Å². The van der Waals surface area contributed by atoms with E-state index in [1.165, 1.54) is 0 Å². The number of rotatable bonds is 4. The van der Waals surface area contributed by atoms with Crippen LogP contribution in [0.4, 0.5) is 5.95 Å². The molecular weight excluding hydrogens is 256 g/mol. The van der Waals surface area contributed by atoms with E-state index in [0.29, 0.717) is 12.6 Å². The molecule has 0 unspecified atom stereocenters. The van der Waals surface area contributed by atoms with Crippen LogP contribution in [-0.2, 0) is 9.53 Å². The highest BCUT2D eigenvalue weighted by atomic mass is 16.5. The van der Waals surface area contributed by atoms with Gasteiger partial charge in [0.15, 0.2) is 0 Å². The van der Waals surface area contributed by atoms with Gasteiger partial charge in [0.25, 0.3) is 0 Å². The molecule has 2 rings (SSSR count). The number of carbonyl (C=O) groups is 1. The maximum atomic E-state index is 11.3. The summed E-state index contributed by atoms with van der Waals surface area (Å²) in [5.41, 5.74) is 0.817. The summed E-state index contributed by atoms with van der Waals surface area (Å²) in [5.74, 6) is 0.825. The largest absolute Gasteiger partial charge is 0.501 e. The van der Waals surface area contributed by atoms with E-state index in [9.17, 15) is 4.79 Å². The maximum Gasteiger partial charge on any atom is 0.225 e. The Kier molecular flexibility index (Phi) is 4.92. The molecule has 0 N–H and O–H groups in total. The molecular formula is C14H20N4O2. The number of piperazine rings is 1. The average molecular weight is 276 g/mol.